The van der Waals surface area contributed by atoms with Gasteiger partial charge in [-0.25, -0.2) is 0 Å². The first kappa shape index (κ1) is 13.5. The molecule has 1 aromatic carbocycles. The number of para-hydroxylation sites is 1. The van der Waals surface area contributed by atoms with Crippen molar-refractivity contribution in [3.63, 3.8) is 0 Å². The van der Waals surface area contributed by atoms with Crippen molar-refractivity contribution in [2.75, 3.05) is 13.2 Å². The third kappa shape index (κ3) is 3.15. The second-order valence-corrected chi connectivity index (χ2v) is 5.58. The molecular weight excluding hydrogens is 252 g/mol. The second kappa shape index (κ2) is 5.48. The van der Waals surface area contributed by atoms with Gasteiger partial charge >= 0.3 is 0 Å². The monoisotopic (exact) mass is 272 g/mol. The van der Waals surface area contributed by atoms with Crippen LogP contribution in [-0.4, -0.2) is 30.0 Å². The van der Waals surface area contributed by atoms with Gasteiger partial charge in [0, 0.05) is 18.5 Å². The van der Waals surface area contributed by atoms with Crippen molar-refractivity contribution in [3.05, 3.63) is 42.1 Å². The van der Waals surface area contributed by atoms with Crippen LogP contribution in [0.5, 0.6) is 0 Å². The zero-order valence-electron chi connectivity index (χ0n) is 11.9. The first-order chi connectivity index (χ1) is 9.62. The van der Waals surface area contributed by atoms with Crippen LogP contribution in [0.4, 0.5) is 0 Å². The van der Waals surface area contributed by atoms with Gasteiger partial charge in [-0.05, 0) is 26.0 Å². The summed E-state index contributed by atoms with van der Waals surface area (Å²) in [5.41, 5.74) is 2.08. The van der Waals surface area contributed by atoms with E-state index in [-0.39, 0.29) is 6.10 Å². The maximum absolute atomic E-state index is 5.75. The molecule has 0 saturated carbocycles. The van der Waals surface area contributed by atoms with Crippen molar-refractivity contribution >= 4 is 10.9 Å². The van der Waals surface area contributed by atoms with E-state index in [9.17, 15) is 0 Å². The van der Waals surface area contributed by atoms with Crippen LogP contribution in [0.25, 0.3) is 10.9 Å². The molecule has 1 atom stereocenters. The summed E-state index contributed by atoms with van der Waals surface area (Å²) in [6, 6.07) is 12.3. The van der Waals surface area contributed by atoms with Gasteiger partial charge in [0.25, 0.3) is 0 Å². The van der Waals surface area contributed by atoms with Crippen LogP contribution in [-0.2, 0) is 16.0 Å². The van der Waals surface area contributed by atoms with Crippen molar-refractivity contribution in [3.8, 4) is 0 Å². The van der Waals surface area contributed by atoms with Gasteiger partial charge in [-0.1, -0.05) is 24.3 Å². The highest BCUT2D eigenvalue weighted by Gasteiger charge is 2.32. The van der Waals surface area contributed by atoms with E-state index in [4.69, 9.17) is 9.47 Å². The maximum atomic E-state index is 5.75. The fourth-order valence-corrected chi connectivity index (χ4v) is 2.43. The topological polar surface area (TPSA) is 43.4 Å². The lowest BCUT2D eigenvalue weighted by Gasteiger charge is -2.17. The number of ether oxygens (including phenoxy) is 2. The van der Waals surface area contributed by atoms with E-state index in [0.29, 0.717) is 6.61 Å². The van der Waals surface area contributed by atoms with Gasteiger partial charge in [-0.15, -0.1) is 0 Å². The van der Waals surface area contributed by atoms with E-state index in [1.165, 1.54) is 5.39 Å². The second-order valence-electron chi connectivity index (χ2n) is 5.58. The van der Waals surface area contributed by atoms with Crippen LogP contribution in [0.3, 0.4) is 0 Å². The predicted molar refractivity (Wildman–Crippen MR) is 78.4 cm³/mol. The van der Waals surface area contributed by atoms with Gasteiger partial charge in [-0.2, -0.15) is 0 Å². The van der Waals surface area contributed by atoms with E-state index >= 15 is 0 Å². The normalized spacial score (nSPS) is 21.4. The fourth-order valence-electron chi connectivity index (χ4n) is 2.43. The standard InChI is InChI=1S/C16H20N2O2/c1-16(2)19-11-14(20-16)10-17-9-13-8-7-12-5-3-4-6-15(12)18-13/h3-8,14,17H,9-11H2,1-2H3. The van der Waals surface area contributed by atoms with Gasteiger partial charge in [0.2, 0.25) is 0 Å². The minimum Gasteiger partial charge on any atom is -0.348 e. The highest BCUT2D eigenvalue weighted by Crippen LogP contribution is 2.21. The zero-order valence-corrected chi connectivity index (χ0v) is 11.9. The summed E-state index contributed by atoms with van der Waals surface area (Å²) >= 11 is 0. The summed E-state index contributed by atoms with van der Waals surface area (Å²) in [4.78, 5) is 4.63. The summed E-state index contributed by atoms with van der Waals surface area (Å²) in [6.45, 7) is 6.05. The number of nitrogens with zero attached hydrogens (tertiary/aromatic N) is 1. The van der Waals surface area contributed by atoms with E-state index in [0.717, 1.165) is 24.3 Å². The molecule has 2 aromatic rings. The molecule has 4 heteroatoms. The van der Waals surface area contributed by atoms with Crippen LogP contribution in [0.15, 0.2) is 36.4 Å². The van der Waals surface area contributed by atoms with Gasteiger partial charge in [0.15, 0.2) is 5.79 Å². The third-order valence-electron chi connectivity index (χ3n) is 3.40. The SMILES string of the molecule is CC1(C)OCC(CNCc2ccc3ccccc3n2)O1. The molecule has 20 heavy (non-hydrogen) atoms. The lowest BCUT2D eigenvalue weighted by Crippen LogP contribution is -2.30. The largest absolute Gasteiger partial charge is 0.348 e. The molecule has 1 saturated heterocycles. The average molecular weight is 272 g/mol. The molecule has 1 N–H and O–H groups in total. The van der Waals surface area contributed by atoms with Crippen molar-refractivity contribution < 1.29 is 9.47 Å². The molecule has 1 aromatic heterocycles. The number of nitrogens with one attached hydrogen (secondary N) is 1. The highest BCUT2D eigenvalue weighted by molar-refractivity contribution is 5.78. The molecule has 4 nitrogen and oxygen atoms in total. The molecule has 3 rings (SSSR count). The average Bonchev–Trinajstić information content (AvgIpc) is 2.78. The van der Waals surface area contributed by atoms with Crippen molar-refractivity contribution in [2.45, 2.75) is 32.3 Å². The Morgan fingerprint density at radius 2 is 2.10 bits per heavy atom. The van der Waals surface area contributed by atoms with Crippen molar-refractivity contribution in [1.82, 2.24) is 10.3 Å². The lowest BCUT2D eigenvalue weighted by atomic mass is 10.2. The number of fused-ring (bicyclic) bond motifs is 1. The van der Waals surface area contributed by atoms with E-state index in [1.54, 1.807) is 0 Å². The Kier molecular flexibility index (Phi) is 3.70. The third-order valence-corrected chi connectivity index (χ3v) is 3.40. The summed E-state index contributed by atoms with van der Waals surface area (Å²) in [5.74, 6) is -0.451. The number of hydrogen-bond donors (Lipinski definition) is 1. The minimum atomic E-state index is -0.451. The summed E-state index contributed by atoms with van der Waals surface area (Å²) < 4.78 is 11.3. The Labute approximate surface area is 119 Å². The van der Waals surface area contributed by atoms with Crippen molar-refractivity contribution in [2.24, 2.45) is 0 Å². The highest BCUT2D eigenvalue weighted by atomic mass is 16.7. The maximum Gasteiger partial charge on any atom is 0.163 e. The molecule has 1 fully saturated rings. The summed E-state index contributed by atoms with van der Waals surface area (Å²) in [6.07, 6.45) is 0.116. The summed E-state index contributed by atoms with van der Waals surface area (Å²) in [5, 5.41) is 4.55. The molecular formula is C16H20N2O2. The Bertz CT molecular complexity index is 598. The number of rotatable bonds is 4. The minimum absolute atomic E-state index is 0.116. The number of benzene rings is 1. The molecule has 2 heterocycles. The predicted octanol–water partition coefficient (Wildman–Crippen LogP) is 2.48. The number of pyridine rings is 1. The Balaban J connectivity index is 1.55. The van der Waals surface area contributed by atoms with Crippen LogP contribution in [0.2, 0.25) is 0 Å². The molecule has 1 aliphatic rings. The van der Waals surface area contributed by atoms with E-state index in [1.807, 2.05) is 32.0 Å². The number of hydrogen-bond acceptors (Lipinski definition) is 4. The fraction of sp³-hybridized carbons (Fsp3) is 0.438. The van der Waals surface area contributed by atoms with E-state index in [2.05, 4.69) is 28.5 Å². The smallest absolute Gasteiger partial charge is 0.163 e. The van der Waals surface area contributed by atoms with Crippen LogP contribution in [0.1, 0.15) is 19.5 Å². The lowest BCUT2D eigenvalue weighted by molar-refractivity contribution is -0.137. The Morgan fingerprint density at radius 3 is 2.90 bits per heavy atom. The van der Waals surface area contributed by atoms with Gasteiger partial charge in [0.1, 0.15) is 0 Å². The molecule has 0 radical (unpaired) electrons. The van der Waals surface area contributed by atoms with Crippen LogP contribution < -0.4 is 5.32 Å². The van der Waals surface area contributed by atoms with Crippen molar-refractivity contribution in [1.29, 1.82) is 0 Å². The molecule has 1 aliphatic heterocycles. The Hall–Kier alpha value is -1.49. The molecule has 106 valence electrons. The quantitative estimate of drug-likeness (QED) is 0.928. The van der Waals surface area contributed by atoms with Gasteiger partial charge < -0.3 is 14.8 Å². The van der Waals surface area contributed by atoms with Crippen LogP contribution >= 0.6 is 0 Å². The van der Waals surface area contributed by atoms with Gasteiger partial charge in [0.05, 0.1) is 23.9 Å². The first-order valence-electron chi connectivity index (χ1n) is 7.00. The van der Waals surface area contributed by atoms with E-state index < -0.39 is 5.79 Å². The molecule has 1 unspecified atom stereocenters. The van der Waals surface area contributed by atoms with Crippen LogP contribution in [0, 0.1) is 0 Å². The van der Waals surface area contributed by atoms with Gasteiger partial charge in [-0.3, -0.25) is 4.98 Å². The molecule has 0 spiro atoms. The molecule has 0 amide bonds. The first-order valence-corrected chi connectivity index (χ1v) is 7.00. The molecule has 0 aliphatic carbocycles. The Morgan fingerprint density at radius 1 is 1.25 bits per heavy atom. The molecule has 0 bridgehead atoms. The number of aromatic nitrogens is 1. The summed E-state index contributed by atoms with van der Waals surface area (Å²) in [7, 11) is 0. The zero-order chi connectivity index (χ0) is 14.0.